The van der Waals surface area contributed by atoms with E-state index in [4.69, 9.17) is 0 Å². The van der Waals surface area contributed by atoms with E-state index in [1.54, 1.807) is 0 Å². The molecule has 0 radical (unpaired) electrons. The molecule has 0 heterocycles. The molecule has 21 heavy (non-hydrogen) atoms. The number of carbonyl (C=O) groups excluding carboxylic acids is 1. The first kappa shape index (κ1) is 15.8. The Kier molecular flexibility index (Phi) is 4.54. The number of nitrogens with one attached hydrogen (secondary N) is 2. The molecule has 0 aromatic heterocycles. The quantitative estimate of drug-likeness (QED) is 0.783. The Morgan fingerprint density at radius 1 is 1.38 bits per heavy atom. The van der Waals surface area contributed by atoms with Gasteiger partial charge in [0.05, 0.1) is 12.1 Å². The number of carbonyl (C=O) groups is 1. The molecule has 0 bridgehead atoms. The maximum absolute atomic E-state index is 12.1. The molecule has 1 aromatic rings. The Balaban J connectivity index is 1.95. The molecule has 0 saturated heterocycles. The molecule has 0 fully saturated rings. The predicted octanol–water partition coefficient (Wildman–Crippen LogP) is 1.28. The van der Waals surface area contributed by atoms with Crippen LogP contribution in [0.1, 0.15) is 31.0 Å². The van der Waals surface area contributed by atoms with Crippen LogP contribution in [-0.4, -0.2) is 48.3 Å². The van der Waals surface area contributed by atoms with Crippen LogP contribution in [0.25, 0.3) is 0 Å². The van der Waals surface area contributed by atoms with Gasteiger partial charge in [-0.1, -0.05) is 24.3 Å². The number of fused-ring (bicyclic) bond motifs is 1. The molecule has 1 aliphatic carbocycles. The third-order valence-electron chi connectivity index (χ3n) is 4.38. The molecule has 5 nitrogen and oxygen atoms in total. The van der Waals surface area contributed by atoms with Crippen molar-refractivity contribution in [2.24, 2.45) is 0 Å². The minimum atomic E-state index is -0.560. The fourth-order valence-electron chi connectivity index (χ4n) is 2.39. The van der Waals surface area contributed by atoms with Crippen molar-refractivity contribution in [3.05, 3.63) is 35.4 Å². The summed E-state index contributed by atoms with van der Waals surface area (Å²) >= 11 is 0. The fraction of sp³-hybridized carbons (Fsp3) is 0.562. The van der Waals surface area contributed by atoms with Crippen LogP contribution in [0.3, 0.4) is 0 Å². The summed E-state index contributed by atoms with van der Waals surface area (Å²) in [5, 5.41) is 15.9. The SMILES string of the molecule is CN(C)C(C)(C)CNC(=O)N[C@@H]1c2ccccc2C[C@@H]1O. The molecule has 0 saturated carbocycles. The summed E-state index contributed by atoms with van der Waals surface area (Å²) in [5.74, 6) is 0. The van der Waals surface area contributed by atoms with E-state index in [1.807, 2.05) is 38.4 Å². The highest BCUT2D eigenvalue weighted by Gasteiger charge is 2.32. The van der Waals surface area contributed by atoms with E-state index < -0.39 is 6.10 Å². The van der Waals surface area contributed by atoms with E-state index >= 15 is 0 Å². The minimum Gasteiger partial charge on any atom is -0.390 e. The number of aliphatic hydroxyl groups excluding tert-OH is 1. The Morgan fingerprint density at radius 3 is 2.71 bits per heavy atom. The van der Waals surface area contributed by atoms with Crippen molar-refractivity contribution < 1.29 is 9.90 Å². The standard InChI is InChI=1S/C16H25N3O2/c1-16(2,19(3)4)10-17-15(21)18-14-12-8-6-5-7-11(12)9-13(14)20/h5-8,13-14,20H,9-10H2,1-4H3,(H2,17,18,21)/t13-,14+/m0/s1. The van der Waals surface area contributed by atoms with E-state index in [1.165, 1.54) is 0 Å². The van der Waals surface area contributed by atoms with Gasteiger partial charge in [0.15, 0.2) is 0 Å². The Labute approximate surface area is 126 Å². The maximum Gasteiger partial charge on any atom is 0.315 e. The zero-order valence-corrected chi connectivity index (χ0v) is 13.2. The summed E-state index contributed by atoms with van der Waals surface area (Å²) in [7, 11) is 3.97. The van der Waals surface area contributed by atoms with Crippen molar-refractivity contribution in [1.29, 1.82) is 0 Å². The van der Waals surface area contributed by atoms with Gasteiger partial charge in [0.2, 0.25) is 0 Å². The molecule has 116 valence electrons. The van der Waals surface area contributed by atoms with Crippen LogP contribution in [0.2, 0.25) is 0 Å². The first-order valence-electron chi connectivity index (χ1n) is 7.29. The lowest BCUT2D eigenvalue weighted by molar-refractivity contribution is 0.140. The van der Waals surface area contributed by atoms with E-state index in [0.29, 0.717) is 13.0 Å². The molecule has 1 aromatic carbocycles. The zero-order valence-electron chi connectivity index (χ0n) is 13.2. The first-order chi connectivity index (χ1) is 9.81. The Morgan fingerprint density at radius 2 is 2.05 bits per heavy atom. The van der Waals surface area contributed by atoms with Crippen LogP contribution in [-0.2, 0) is 6.42 Å². The zero-order chi connectivity index (χ0) is 15.6. The summed E-state index contributed by atoms with van der Waals surface area (Å²) in [4.78, 5) is 14.1. The molecule has 2 atom stereocenters. The second-order valence-electron chi connectivity index (χ2n) is 6.48. The second kappa shape index (κ2) is 6.03. The largest absolute Gasteiger partial charge is 0.390 e. The molecular formula is C16H25N3O2. The molecule has 3 N–H and O–H groups in total. The highest BCUT2D eigenvalue weighted by molar-refractivity contribution is 5.75. The predicted molar refractivity (Wildman–Crippen MR) is 83.2 cm³/mol. The van der Waals surface area contributed by atoms with Crippen LogP contribution in [0.15, 0.2) is 24.3 Å². The number of amides is 2. The lowest BCUT2D eigenvalue weighted by atomic mass is 10.0. The van der Waals surface area contributed by atoms with Gasteiger partial charge in [-0.05, 0) is 39.1 Å². The lowest BCUT2D eigenvalue weighted by Crippen LogP contribution is -2.51. The molecule has 0 aliphatic heterocycles. The van der Waals surface area contributed by atoms with Crippen LogP contribution in [0, 0.1) is 0 Å². The average Bonchev–Trinajstić information content (AvgIpc) is 2.73. The number of benzene rings is 1. The van der Waals surface area contributed by atoms with Gasteiger partial charge in [0, 0.05) is 18.5 Å². The van der Waals surface area contributed by atoms with E-state index in [0.717, 1.165) is 11.1 Å². The highest BCUT2D eigenvalue weighted by Crippen LogP contribution is 2.31. The Bertz CT molecular complexity index is 514. The molecule has 5 heteroatoms. The van der Waals surface area contributed by atoms with Gasteiger partial charge in [0.1, 0.15) is 0 Å². The van der Waals surface area contributed by atoms with Crippen molar-refractivity contribution in [2.45, 2.75) is 38.0 Å². The number of urea groups is 1. The van der Waals surface area contributed by atoms with Crippen LogP contribution >= 0.6 is 0 Å². The summed E-state index contributed by atoms with van der Waals surface area (Å²) < 4.78 is 0. The van der Waals surface area contributed by atoms with Crippen LogP contribution < -0.4 is 10.6 Å². The van der Waals surface area contributed by atoms with Gasteiger partial charge in [-0.3, -0.25) is 0 Å². The average molecular weight is 291 g/mol. The molecular weight excluding hydrogens is 266 g/mol. The van der Waals surface area contributed by atoms with Crippen molar-refractivity contribution in [3.8, 4) is 0 Å². The van der Waals surface area contributed by atoms with Crippen LogP contribution in [0.4, 0.5) is 4.79 Å². The first-order valence-corrected chi connectivity index (χ1v) is 7.29. The van der Waals surface area contributed by atoms with E-state index in [2.05, 4.69) is 29.4 Å². The minimum absolute atomic E-state index is 0.121. The Hall–Kier alpha value is -1.59. The van der Waals surface area contributed by atoms with Gasteiger partial charge in [-0.2, -0.15) is 0 Å². The van der Waals surface area contributed by atoms with Gasteiger partial charge in [-0.25, -0.2) is 4.79 Å². The summed E-state index contributed by atoms with van der Waals surface area (Å²) in [6.45, 7) is 4.66. The normalized spacial score (nSPS) is 21.2. The lowest BCUT2D eigenvalue weighted by Gasteiger charge is -2.32. The van der Waals surface area contributed by atoms with Crippen molar-refractivity contribution >= 4 is 6.03 Å². The topological polar surface area (TPSA) is 64.6 Å². The molecule has 1 aliphatic rings. The van der Waals surface area contributed by atoms with Crippen molar-refractivity contribution in [1.82, 2.24) is 15.5 Å². The smallest absolute Gasteiger partial charge is 0.315 e. The number of rotatable bonds is 4. The fourth-order valence-corrected chi connectivity index (χ4v) is 2.39. The summed E-state index contributed by atoms with van der Waals surface area (Å²) in [6.07, 6.45) is 0.0274. The number of hydrogen-bond donors (Lipinski definition) is 3. The second-order valence-corrected chi connectivity index (χ2v) is 6.48. The maximum atomic E-state index is 12.1. The number of nitrogens with zero attached hydrogens (tertiary/aromatic N) is 1. The third kappa shape index (κ3) is 3.54. The summed E-state index contributed by atoms with van der Waals surface area (Å²) in [5.41, 5.74) is 1.99. The third-order valence-corrected chi connectivity index (χ3v) is 4.38. The highest BCUT2D eigenvalue weighted by atomic mass is 16.3. The van der Waals surface area contributed by atoms with Crippen LogP contribution in [0.5, 0.6) is 0 Å². The van der Waals surface area contributed by atoms with Gasteiger partial charge in [0.25, 0.3) is 0 Å². The molecule has 0 spiro atoms. The van der Waals surface area contributed by atoms with Crippen molar-refractivity contribution in [3.63, 3.8) is 0 Å². The number of hydrogen-bond acceptors (Lipinski definition) is 3. The number of aliphatic hydroxyl groups is 1. The van der Waals surface area contributed by atoms with Gasteiger partial charge >= 0.3 is 6.03 Å². The van der Waals surface area contributed by atoms with Crippen molar-refractivity contribution in [2.75, 3.05) is 20.6 Å². The van der Waals surface area contributed by atoms with E-state index in [-0.39, 0.29) is 17.6 Å². The molecule has 2 amide bonds. The summed E-state index contributed by atoms with van der Waals surface area (Å²) in [6, 6.07) is 7.26. The number of likely N-dealkylation sites (N-methyl/N-ethyl adjacent to an activating group) is 1. The van der Waals surface area contributed by atoms with Gasteiger partial charge < -0.3 is 20.6 Å². The monoisotopic (exact) mass is 291 g/mol. The molecule has 2 rings (SSSR count). The van der Waals surface area contributed by atoms with E-state index in [9.17, 15) is 9.90 Å². The molecule has 0 unspecified atom stereocenters. The van der Waals surface area contributed by atoms with Gasteiger partial charge in [-0.15, -0.1) is 0 Å².